The second-order valence-corrected chi connectivity index (χ2v) is 8.58. The molecule has 0 unspecified atom stereocenters. The quantitative estimate of drug-likeness (QED) is 0.551. The van der Waals surface area contributed by atoms with Crippen molar-refractivity contribution in [1.82, 2.24) is 20.1 Å². The van der Waals surface area contributed by atoms with E-state index in [0.717, 1.165) is 19.3 Å². The van der Waals surface area contributed by atoms with Crippen LogP contribution in [0.5, 0.6) is 5.75 Å². The number of hydrogen-bond acceptors (Lipinski definition) is 5. The summed E-state index contributed by atoms with van der Waals surface area (Å²) in [5.74, 6) is 1.70. The number of aryl methyl sites for hydroxylation is 1. The highest BCUT2D eigenvalue weighted by Crippen LogP contribution is 2.29. The molecule has 0 aliphatic heterocycles. The maximum atomic E-state index is 12.5. The molecular formula is C22H23ClN4O2S. The Kier molecular flexibility index (Phi) is 6.59. The lowest BCUT2D eigenvalue weighted by molar-refractivity contribution is -0.119. The van der Waals surface area contributed by atoms with Crippen molar-refractivity contribution in [2.24, 2.45) is 7.05 Å². The van der Waals surface area contributed by atoms with Crippen molar-refractivity contribution < 1.29 is 9.53 Å². The van der Waals surface area contributed by atoms with Crippen LogP contribution in [-0.2, 0) is 24.9 Å². The van der Waals surface area contributed by atoms with Gasteiger partial charge in [0, 0.05) is 12.1 Å². The zero-order chi connectivity index (χ0) is 20.9. The summed E-state index contributed by atoms with van der Waals surface area (Å²) < 4.78 is 7.58. The molecule has 1 amide bonds. The third-order valence-electron chi connectivity index (χ3n) is 5.14. The van der Waals surface area contributed by atoms with Crippen molar-refractivity contribution in [3.63, 3.8) is 0 Å². The number of rotatable bonds is 7. The van der Waals surface area contributed by atoms with Gasteiger partial charge in [-0.05, 0) is 54.7 Å². The van der Waals surface area contributed by atoms with Gasteiger partial charge in [-0.25, -0.2) is 0 Å². The number of aromatic nitrogens is 3. The Bertz CT molecular complexity index is 1020. The Hall–Kier alpha value is -2.51. The number of ether oxygens (including phenoxy) is 1. The molecule has 30 heavy (non-hydrogen) atoms. The molecule has 6 nitrogen and oxygen atoms in total. The van der Waals surface area contributed by atoms with Gasteiger partial charge >= 0.3 is 0 Å². The maximum Gasteiger partial charge on any atom is 0.230 e. The van der Waals surface area contributed by atoms with Gasteiger partial charge < -0.3 is 14.6 Å². The molecule has 1 N–H and O–H groups in total. The smallest absolute Gasteiger partial charge is 0.230 e. The highest BCUT2D eigenvalue weighted by molar-refractivity contribution is 7.99. The molecule has 1 aliphatic carbocycles. The lowest BCUT2D eigenvalue weighted by atomic mass is 9.88. The molecule has 3 aromatic rings. The lowest BCUT2D eigenvalue weighted by Gasteiger charge is -2.26. The van der Waals surface area contributed by atoms with Gasteiger partial charge in [0.2, 0.25) is 5.91 Å². The van der Waals surface area contributed by atoms with Crippen LogP contribution in [-0.4, -0.2) is 26.4 Å². The number of nitrogens with one attached hydrogen (secondary N) is 1. The molecule has 8 heteroatoms. The SMILES string of the molecule is Cn1c(COc2ccc(Cl)cc2)nnc1SCC(=O)N[C@@H]1CCCc2ccccc21. The molecule has 0 saturated heterocycles. The second-order valence-electron chi connectivity index (χ2n) is 7.20. The van der Waals surface area contributed by atoms with E-state index in [2.05, 4.69) is 33.7 Å². The molecule has 1 heterocycles. The molecular weight excluding hydrogens is 420 g/mol. The van der Waals surface area contributed by atoms with Gasteiger partial charge in [-0.2, -0.15) is 0 Å². The summed E-state index contributed by atoms with van der Waals surface area (Å²) in [4.78, 5) is 12.5. The third kappa shape index (κ3) is 4.96. The number of hydrogen-bond donors (Lipinski definition) is 1. The van der Waals surface area contributed by atoms with Crippen LogP contribution in [0.2, 0.25) is 5.02 Å². The molecule has 1 atom stereocenters. The molecule has 0 radical (unpaired) electrons. The fraction of sp³-hybridized carbons (Fsp3) is 0.318. The van der Waals surface area contributed by atoms with Gasteiger partial charge in [0.05, 0.1) is 11.8 Å². The van der Waals surface area contributed by atoms with Crippen LogP contribution in [0.4, 0.5) is 0 Å². The van der Waals surface area contributed by atoms with E-state index >= 15 is 0 Å². The predicted molar refractivity (Wildman–Crippen MR) is 118 cm³/mol. The minimum atomic E-state index is 0.00340. The van der Waals surface area contributed by atoms with Crippen LogP contribution in [0.15, 0.2) is 53.7 Å². The van der Waals surface area contributed by atoms with Gasteiger partial charge in [-0.3, -0.25) is 4.79 Å². The monoisotopic (exact) mass is 442 g/mol. The normalized spacial score (nSPS) is 15.5. The van der Waals surface area contributed by atoms with Crippen molar-refractivity contribution in [3.8, 4) is 5.75 Å². The average Bonchev–Trinajstić information content (AvgIpc) is 3.11. The van der Waals surface area contributed by atoms with Crippen LogP contribution in [0.1, 0.15) is 35.8 Å². The summed E-state index contributed by atoms with van der Waals surface area (Å²) in [5, 5.41) is 12.9. The van der Waals surface area contributed by atoms with Crippen LogP contribution in [0.25, 0.3) is 0 Å². The fourth-order valence-electron chi connectivity index (χ4n) is 3.55. The Morgan fingerprint density at radius 2 is 2.03 bits per heavy atom. The molecule has 0 spiro atoms. The van der Waals surface area contributed by atoms with E-state index in [1.54, 1.807) is 12.1 Å². The maximum absolute atomic E-state index is 12.5. The van der Waals surface area contributed by atoms with Gasteiger partial charge in [-0.1, -0.05) is 47.6 Å². The van der Waals surface area contributed by atoms with E-state index in [9.17, 15) is 4.79 Å². The second kappa shape index (κ2) is 9.53. The number of thioether (sulfide) groups is 1. The Balaban J connectivity index is 1.30. The minimum Gasteiger partial charge on any atom is -0.486 e. The average molecular weight is 443 g/mol. The predicted octanol–water partition coefficient (Wildman–Crippen LogP) is 4.33. The minimum absolute atomic E-state index is 0.00340. The van der Waals surface area contributed by atoms with E-state index in [-0.39, 0.29) is 18.6 Å². The Labute approximate surface area is 185 Å². The van der Waals surface area contributed by atoms with Crippen LogP contribution in [0, 0.1) is 0 Å². The number of fused-ring (bicyclic) bond motifs is 1. The van der Waals surface area contributed by atoms with Crippen molar-refractivity contribution in [1.29, 1.82) is 0 Å². The van der Waals surface area contributed by atoms with Gasteiger partial charge in [0.15, 0.2) is 11.0 Å². The number of carbonyl (C=O) groups excluding carboxylic acids is 1. The van der Waals surface area contributed by atoms with Crippen LogP contribution >= 0.6 is 23.4 Å². The molecule has 2 aromatic carbocycles. The fourth-order valence-corrected chi connectivity index (χ4v) is 4.41. The van der Waals surface area contributed by atoms with E-state index in [0.29, 0.717) is 27.5 Å². The first kappa shape index (κ1) is 20.8. The number of benzene rings is 2. The van der Waals surface area contributed by atoms with E-state index in [1.165, 1.54) is 22.9 Å². The number of nitrogens with zero attached hydrogens (tertiary/aromatic N) is 3. The van der Waals surface area contributed by atoms with Crippen molar-refractivity contribution in [2.45, 2.75) is 37.1 Å². The number of halogens is 1. The van der Waals surface area contributed by atoms with E-state index < -0.39 is 0 Å². The Morgan fingerprint density at radius 1 is 1.23 bits per heavy atom. The van der Waals surface area contributed by atoms with Crippen molar-refractivity contribution in [3.05, 3.63) is 70.5 Å². The van der Waals surface area contributed by atoms with Crippen LogP contribution in [0.3, 0.4) is 0 Å². The molecule has 0 bridgehead atoms. The molecule has 0 saturated carbocycles. The van der Waals surface area contributed by atoms with E-state index in [4.69, 9.17) is 16.3 Å². The molecule has 4 rings (SSSR count). The first-order valence-corrected chi connectivity index (χ1v) is 11.2. The molecule has 1 aliphatic rings. The first-order chi connectivity index (χ1) is 14.6. The van der Waals surface area contributed by atoms with Gasteiger partial charge in [0.25, 0.3) is 0 Å². The van der Waals surface area contributed by atoms with Crippen LogP contribution < -0.4 is 10.1 Å². The largest absolute Gasteiger partial charge is 0.486 e. The summed E-state index contributed by atoms with van der Waals surface area (Å²) in [6.07, 6.45) is 3.15. The molecule has 0 fully saturated rings. The highest BCUT2D eigenvalue weighted by Gasteiger charge is 2.21. The lowest BCUT2D eigenvalue weighted by Crippen LogP contribution is -2.32. The Morgan fingerprint density at radius 3 is 2.87 bits per heavy atom. The number of carbonyl (C=O) groups is 1. The first-order valence-electron chi connectivity index (χ1n) is 9.87. The summed E-state index contributed by atoms with van der Waals surface area (Å²) >= 11 is 7.26. The summed E-state index contributed by atoms with van der Waals surface area (Å²) in [5.41, 5.74) is 2.57. The summed E-state index contributed by atoms with van der Waals surface area (Å²) in [7, 11) is 1.87. The summed E-state index contributed by atoms with van der Waals surface area (Å²) in [6.45, 7) is 0.288. The van der Waals surface area contributed by atoms with Gasteiger partial charge in [0.1, 0.15) is 12.4 Å². The highest BCUT2D eigenvalue weighted by atomic mass is 35.5. The zero-order valence-electron chi connectivity index (χ0n) is 16.7. The third-order valence-corrected chi connectivity index (χ3v) is 6.42. The van der Waals surface area contributed by atoms with Crippen molar-refractivity contribution >= 4 is 29.3 Å². The standard InChI is InChI=1S/C22H23ClN4O2S/c1-27-20(13-29-17-11-9-16(23)10-12-17)25-26-22(27)30-14-21(28)24-19-8-4-6-15-5-2-3-7-18(15)19/h2-3,5,7,9-12,19H,4,6,8,13-14H2,1H3,(H,24,28)/t19-/m1/s1. The number of amides is 1. The van der Waals surface area contributed by atoms with E-state index in [1.807, 2.05) is 29.8 Å². The topological polar surface area (TPSA) is 69.0 Å². The van der Waals surface area contributed by atoms with Crippen molar-refractivity contribution in [2.75, 3.05) is 5.75 Å². The summed E-state index contributed by atoms with van der Waals surface area (Å²) in [6, 6.07) is 15.6. The zero-order valence-corrected chi connectivity index (χ0v) is 18.2. The molecule has 156 valence electrons. The molecule has 1 aromatic heterocycles. The van der Waals surface area contributed by atoms with Gasteiger partial charge in [-0.15, -0.1) is 10.2 Å².